The quantitative estimate of drug-likeness (QED) is 0.625. The summed E-state index contributed by atoms with van der Waals surface area (Å²) in [7, 11) is 0. The van der Waals surface area contributed by atoms with Gasteiger partial charge in [-0.15, -0.1) is 0 Å². The Kier molecular flexibility index (Phi) is 6.57. The largest absolute Gasteiger partial charge is 0.339 e. The summed E-state index contributed by atoms with van der Waals surface area (Å²) in [4.78, 5) is 23.2. The van der Waals surface area contributed by atoms with E-state index in [0.717, 1.165) is 32.2 Å². The molecular formula is C20H27NO2. The highest BCUT2D eigenvalue weighted by Crippen LogP contribution is 2.28. The fraction of sp³-hybridized carbons (Fsp3) is 0.500. The van der Waals surface area contributed by atoms with Gasteiger partial charge in [-0.1, -0.05) is 38.1 Å². The average Bonchev–Trinajstić information content (AvgIpc) is 3.35. The molecule has 0 unspecified atom stereocenters. The predicted molar refractivity (Wildman–Crippen MR) is 93.4 cm³/mol. The molecule has 124 valence electrons. The number of aryl methyl sites for hydroxylation is 1. The van der Waals surface area contributed by atoms with E-state index in [0.29, 0.717) is 12.3 Å². The number of amides is 1. The fourth-order valence-corrected chi connectivity index (χ4v) is 3.05. The van der Waals surface area contributed by atoms with Gasteiger partial charge in [-0.3, -0.25) is 4.79 Å². The highest BCUT2D eigenvalue weighted by Gasteiger charge is 2.20. The lowest BCUT2D eigenvalue weighted by Crippen LogP contribution is -2.37. The van der Waals surface area contributed by atoms with Gasteiger partial charge in [0.2, 0.25) is 5.91 Å². The molecule has 1 aromatic rings. The van der Waals surface area contributed by atoms with Crippen LogP contribution in [-0.4, -0.2) is 30.2 Å². The van der Waals surface area contributed by atoms with Crippen molar-refractivity contribution < 1.29 is 9.59 Å². The Morgan fingerprint density at radius 3 is 2.61 bits per heavy atom. The SMILES string of the molecule is C=CC(=O)N1CCC(CC=O)CC1.CCCc1ccc2c(c1)C2. The van der Waals surface area contributed by atoms with Crippen molar-refractivity contribution in [1.82, 2.24) is 4.90 Å². The molecule has 1 aromatic carbocycles. The summed E-state index contributed by atoms with van der Waals surface area (Å²) >= 11 is 0. The monoisotopic (exact) mass is 313 g/mol. The number of hydrogen-bond donors (Lipinski definition) is 0. The van der Waals surface area contributed by atoms with E-state index in [4.69, 9.17) is 0 Å². The first-order valence-electron chi connectivity index (χ1n) is 8.63. The van der Waals surface area contributed by atoms with Crippen molar-refractivity contribution in [3.63, 3.8) is 0 Å². The Hall–Kier alpha value is -1.90. The second kappa shape index (κ2) is 8.66. The highest BCUT2D eigenvalue weighted by molar-refractivity contribution is 5.87. The number of benzene rings is 1. The second-order valence-corrected chi connectivity index (χ2v) is 6.40. The zero-order chi connectivity index (χ0) is 16.7. The number of hydrogen-bond acceptors (Lipinski definition) is 2. The number of nitrogens with zero attached hydrogens (tertiary/aromatic N) is 1. The Balaban J connectivity index is 0.000000172. The Morgan fingerprint density at radius 1 is 1.30 bits per heavy atom. The van der Waals surface area contributed by atoms with Gasteiger partial charge in [-0.05, 0) is 54.4 Å². The molecule has 3 rings (SSSR count). The van der Waals surface area contributed by atoms with Crippen LogP contribution in [0.3, 0.4) is 0 Å². The lowest BCUT2D eigenvalue weighted by Gasteiger charge is -2.30. The maximum atomic E-state index is 11.2. The smallest absolute Gasteiger partial charge is 0.245 e. The van der Waals surface area contributed by atoms with Crippen molar-refractivity contribution in [2.24, 2.45) is 5.92 Å². The van der Waals surface area contributed by atoms with E-state index in [-0.39, 0.29) is 5.91 Å². The third kappa shape index (κ3) is 5.34. The standard InChI is InChI=1S/C10H15NO2.C10H12/c1-2-10(13)11-6-3-9(4-7-11)5-8-12;1-2-3-8-4-5-9-7-10(9)6-8/h2,8-9H,1,3-7H2;4-6H,2-3,7H2,1H3. The van der Waals surface area contributed by atoms with Crippen molar-refractivity contribution in [1.29, 1.82) is 0 Å². The first kappa shape index (κ1) is 17.5. The van der Waals surface area contributed by atoms with Crippen LogP contribution in [0, 0.1) is 5.92 Å². The number of carbonyl (C=O) groups is 2. The molecular weight excluding hydrogens is 286 g/mol. The van der Waals surface area contributed by atoms with Crippen molar-refractivity contribution in [3.8, 4) is 0 Å². The van der Waals surface area contributed by atoms with Crippen molar-refractivity contribution in [2.45, 2.75) is 45.4 Å². The molecule has 0 spiro atoms. The Bertz CT molecular complexity index is 557. The summed E-state index contributed by atoms with van der Waals surface area (Å²) in [6.07, 6.45) is 8.60. The lowest BCUT2D eigenvalue weighted by molar-refractivity contribution is -0.127. The van der Waals surface area contributed by atoms with Gasteiger partial charge in [0, 0.05) is 19.5 Å². The highest BCUT2D eigenvalue weighted by atomic mass is 16.2. The molecule has 1 fully saturated rings. The summed E-state index contributed by atoms with van der Waals surface area (Å²) in [6, 6.07) is 6.87. The fourth-order valence-electron chi connectivity index (χ4n) is 3.05. The maximum absolute atomic E-state index is 11.2. The molecule has 1 saturated heterocycles. The molecule has 0 N–H and O–H groups in total. The van der Waals surface area contributed by atoms with Gasteiger partial charge in [0.1, 0.15) is 6.29 Å². The van der Waals surface area contributed by atoms with Crippen LogP contribution in [0.25, 0.3) is 0 Å². The van der Waals surface area contributed by atoms with E-state index in [9.17, 15) is 9.59 Å². The molecule has 0 bridgehead atoms. The van der Waals surface area contributed by atoms with Gasteiger partial charge in [-0.2, -0.15) is 0 Å². The third-order valence-electron chi connectivity index (χ3n) is 4.60. The van der Waals surface area contributed by atoms with Crippen LogP contribution < -0.4 is 0 Å². The van der Waals surface area contributed by atoms with Crippen molar-refractivity contribution >= 4 is 12.2 Å². The van der Waals surface area contributed by atoms with E-state index in [1.54, 1.807) is 16.0 Å². The van der Waals surface area contributed by atoms with E-state index < -0.39 is 0 Å². The average molecular weight is 313 g/mol. The van der Waals surface area contributed by atoms with E-state index in [1.165, 1.54) is 30.9 Å². The van der Waals surface area contributed by atoms with Crippen LogP contribution in [0.15, 0.2) is 30.9 Å². The number of carbonyl (C=O) groups excluding carboxylic acids is 2. The molecule has 3 heteroatoms. The minimum atomic E-state index is 0.00422. The molecule has 1 aliphatic heterocycles. The first-order chi connectivity index (χ1) is 11.2. The molecule has 1 heterocycles. The summed E-state index contributed by atoms with van der Waals surface area (Å²) in [6.45, 7) is 7.21. The minimum Gasteiger partial charge on any atom is -0.339 e. The van der Waals surface area contributed by atoms with Gasteiger partial charge in [0.05, 0.1) is 0 Å². The zero-order valence-corrected chi connectivity index (χ0v) is 14.1. The van der Waals surface area contributed by atoms with Crippen LogP contribution in [0.4, 0.5) is 0 Å². The van der Waals surface area contributed by atoms with Crippen LogP contribution in [0.2, 0.25) is 0 Å². The van der Waals surface area contributed by atoms with E-state index >= 15 is 0 Å². The number of fused-ring (bicyclic) bond motifs is 1. The van der Waals surface area contributed by atoms with Crippen molar-refractivity contribution in [2.75, 3.05) is 13.1 Å². The molecule has 23 heavy (non-hydrogen) atoms. The molecule has 3 nitrogen and oxygen atoms in total. The van der Waals surface area contributed by atoms with Crippen LogP contribution in [0.5, 0.6) is 0 Å². The third-order valence-corrected chi connectivity index (χ3v) is 4.60. The number of likely N-dealkylation sites (tertiary alicyclic amines) is 1. The van der Waals surface area contributed by atoms with Gasteiger partial charge >= 0.3 is 0 Å². The first-order valence-corrected chi connectivity index (χ1v) is 8.63. The minimum absolute atomic E-state index is 0.00422. The van der Waals surface area contributed by atoms with Gasteiger partial charge in [0.25, 0.3) is 0 Å². The summed E-state index contributed by atoms with van der Waals surface area (Å²) < 4.78 is 0. The lowest BCUT2D eigenvalue weighted by atomic mass is 9.94. The molecule has 0 saturated carbocycles. The van der Waals surface area contributed by atoms with E-state index in [1.807, 2.05) is 0 Å². The molecule has 0 atom stereocenters. The second-order valence-electron chi connectivity index (χ2n) is 6.40. The van der Waals surface area contributed by atoms with Gasteiger partial charge < -0.3 is 9.69 Å². The number of aldehydes is 1. The number of piperidine rings is 1. The Labute approximate surface area is 139 Å². The molecule has 1 aliphatic carbocycles. The summed E-state index contributed by atoms with van der Waals surface area (Å²) in [5, 5.41) is 0. The number of rotatable bonds is 5. The van der Waals surface area contributed by atoms with Crippen molar-refractivity contribution in [3.05, 3.63) is 47.5 Å². The zero-order valence-electron chi connectivity index (χ0n) is 14.1. The summed E-state index contributed by atoms with van der Waals surface area (Å²) in [5.41, 5.74) is 4.64. The summed E-state index contributed by atoms with van der Waals surface area (Å²) in [5.74, 6) is 0.482. The molecule has 2 aliphatic rings. The topological polar surface area (TPSA) is 37.4 Å². The molecule has 0 aromatic heterocycles. The maximum Gasteiger partial charge on any atom is 0.245 e. The van der Waals surface area contributed by atoms with Crippen LogP contribution in [-0.2, 0) is 22.4 Å². The van der Waals surface area contributed by atoms with Gasteiger partial charge in [0.15, 0.2) is 0 Å². The Morgan fingerprint density at radius 2 is 2.04 bits per heavy atom. The molecule has 1 amide bonds. The van der Waals surface area contributed by atoms with Gasteiger partial charge in [-0.25, -0.2) is 0 Å². The van der Waals surface area contributed by atoms with Crippen LogP contribution in [0.1, 0.15) is 49.3 Å². The molecule has 0 radical (unpaired) electrons. The predicted octanol–water partition coefficient (Wildman–Crippen LogP) is 3.54. The normalized spacial score (nSPS) is 16.0. The van der Waals surface area contributed by atoms with E-state index in [2.05, 4.69) is 31.7 Å². The van der Waals surface area contributed by atoms with Crippen LogP contribution >= 0.6 is 0 Å².